The molecule has 0 unspecified atom stereocenters. The molecule has 0 bridgehead atoms. The molecule has 3 aromatic rings. The maximum atomic E-state index is 13.1. The second-order valence-corrected chi connectivity index (χ2v) is 7.38. The average Bonchev–Trinajstić information content (AvgIpc) is 3.28. The fourth-order valence-corrected chi connectivity index (χ4v) is 3.22. The van der Waals surface area contributed by atoms with Crippen LogP contribution in [0.5, 0.6) is 0 Å². The molecule has 7 heteroatoms. The van der Waals surface area contributed by atoms with Crippen molar-refractivity contribution in [3.8, 4) is 0 Å². The molecule has 6 nitrogen and oxygen atoms in total. The third kappa shape index (κ3) is 6.52. The maximum Gasteiger partial charge on any atom is 0.251 e. The van der Waals surface area contributed by atoms with E-state index in [-0.39, 0.29) is 24.2 Å². The van der Waals surface area contributed by atoms with Crippen LogP contribution >= 0.6 is 0 Å². The van der Waals surface area contributed by atoms with Crippen LogP contribution < -0.4 is 5.32 Å². The quantitative estimate of drug-likeness (QED) is 0.573. The van der Waals surface area contributed by atoms with Crippen molar-refractivity contribution in [2.45, 2.75) is 19.6 Å². The number of halogens is 1. The monoisotopic (exact) mass is 423 g/mol. The predicted molar refractivity (Wildman–Crippen MR) is 116 cm³/mol. The fraction of sp³-hybridized carbons (Fsp3) is 0.250. The smallest absolute Gasteiger partial charge is 0.251 e. The lowest BCUT2D eigenvalue weighted by molar-refractivity contribution is -0.132. The van der Waals surface area contributed by atoms with E-state index < -0.39 is 0 Å². The zero-order valence-corrected chi connectivity index (χ0v) is 17.7. The third-order valence-corrected chi connectivity index (χ3v) is 4.93. The number of carbonyl (C=O) groups is 2. The molecule has 0 saturated carbocycles. The molecule has 0 aliphatic heterocycles. The summed E-state index contributed by atoms with van der Waals surface area (Å²) in [7, 11) is 3.32. The van der Waals surface area contributed by atoms with Gasteiger partial charge in [0, 0.05) is 32.7 Å². The van der Waals surface area contributed by atoms with Gasteiger partial charge in [-0.1, -0.05) is 24.3 Å². The topological polar surface area (TPSA) is 65.8 Å². The van der Waals surface area contributed by atoms with Crippen LogP contribution in [0.25, 0.3) is 0 Å². The van der Waals surface area contributed by atoms with Gasteiger partial charge >= 0.3 is 0 Å². The zero-order chi connectivity index (χ0) is 22.2. The van der Waals surface area contributed by atoms with Gasteiger partial charge in [-0.15, -0.1) is 0 Å². The van der Waals surface area contributed by atoms with Crippen LogP contribution in [0.1, 0.15) is 27.2 Å². The average molecular weight is 423 g/mol. The molecular weight excluding hydrogens is 397 g/mol. The van der Waals surface area contributed by atoms with E-state index in [0.29, 0.717) is 25.2 Å². The number of hydrogen-bond donors (Lipinski definition) is 1. The van der Waals surface area contributed by atoms with E-state index in [0.717, 1.165) is 16.9 Å². The molecule has 2 amide bonds. The van der Waals surface area contributed by atoms with Crippen molar-refractivity contribution in [3.63, 3.8) is 0 Å². The highest BCUT2D eigenvalue weighted by Crippen LogP contribution is 2.13. The van der Waals surface area contributed by atoms with Crippen LogP contribution in [0.2, 0.25) is 0 Å². The number of nitrogens with one attached hydrogen (secondary N) is 1. The number of benzene rings is 2. The molecule has 0 spiro atoms. The van der Waals surface area contributed by atoms with Crippen molar-refractivity contribution < 1.29 is 18.4 Å². The minimum atomic E-state index is -0.301. The Morgan fingerprint density at radius 3 is 2.19 bits per heavy atom. The van der Waals surface area contributed by atoms with Crippen molar-refractivity contribution >= 4 is 11.8 Å². The molecular formula is C24H26FN3O3. The molecule has 0 atom stereocenters. The van der Waals surface area contributed by atoms with E-state index in [1.54, 1.807) is 49.5 Å². The summed E-state index contributed by atoms with van der Waals surface area (Å²) in [6.07, 6.45) is 1.61. The molecule has 162 valence electrons. The summed E-state index contributed by atoms with van der Waals surface area (Å²) in [6.45, 7) is 1.58. The van der Waals surface area contributed by atoms with E-state index in [4.69, 9.17) is 4.42 Å². The summed E-state index contributed by atoms with van der Waals surface area (Å²) in [5.74, 6) is 0.259. The van der Waals surface area contributed by atoms with E-state index in [2.05, 4.69) is 5.32 Å². The van der Waals surface area contributed by atoms with E-state index in [1.165, 1.54) is 12.1 Å². The van der Waals surface area contributed by atoms with Gasteiger partial charge in [-0.3, -0.25) is 14.5 Å². The third-order valence-electron chi connectivity index (χ3n) is 4.93. The summed E-state index contributed by atoms with van der Waals surface area (Å²) in [5, 5.41) is 2.60. The van der Waals surface area contributed by atoms with Crippen molar-refractivity contribution in [1.82, 2.24) is 15.1 Å². The summed E-state index contributed by atoms with van der Waals surface area (Å²) >= 11 is 0. The fourth-order valence-electron chi connectivity index (χ4n) is 3.22. The SMILES string of the molecule is CNC(=O)c1ccc(CN(CC(=O)N(C)Cc2ccc(F)cc2)Cc2ccco2)cc1. The standard InChI is InChI=1S/C24H26FN3O3/c1-26-24(30)20-9-5-19(6-10-20)15-28(16-22-4-3-13-31-22)17-23(29)27(2)14-18-7-11-21(25)12-8-18/h3-13H,14-17H2,1-2H3,(H,26,30). The van der Waals surface area contributed by atoms with Crippen LogP contribution in [0.3, 0.4) is 0 Å². The van der Waals surface area contributed by atoms with Gasteiger partial charge in [-0.25, -0.2) is 4.39 Å². The Bertz CT molecular complexity index is 986. The molecule has 0 saturated heterocycles. The lowest BCUT2D eigenvalue weighted by Crippen LogP contribution is -2.37. The van der Waals surface area contributed by atoms with Crippen LogP contribution in [0, 0.1) is 5.82 Å². The van der Waals surface area contributed by atoms with Crippen LogP contribution in [0.15, 0.2) is 71.3 Å². The van der Waals surface area contributed by atoms with Crippen molar-refractivity contribution in [2.75, 3.05) is 20.6 Å². The molecule has 0 aliphatic carbocycles. The maximum absolute atomic E-state index is 13.1. The van der Waals surface area contributed by atoms with Gasteiger partial charge in [0.1, 0.15) is 11.6 Å². The Hall–Kier alpha value is -3.45. The first-order chi connectivity index (χ1) is 14.9. The number of furan rings is 1. The van der Waals surface area contributed by atoms with E-state index in [9.17, 15) is 14.0 Å². The second-order valence-electron chi connectivity index (χ2n) is 7.38. The Kier molecular flexibility index (Phi) is 7.56. The Labute approximate surface area is 181 Å². The number of carbonyl (C=O) groups excluding carboxylic acids is 2. The van der Waals surface area contributed by atoms with E-state index in [1.807, 2.05) is 29.2 Å². The molecule has 1 heterocycles. The largest absolute Gasteiger partial charge is 0.468 e. The molecule has 1 aromatic heterocycles. The van der Waals surface area contributed by atoms with Gasteiger partial charge < -0.3 is 14.6 Å². The van der Waals surface area contributed by atoms with Gasteiger partial charge in [0.15, 0.2) is 0 Å². The number of hydrogen-bond acceptors (Lipinski definition) is 4. The van der Waals surface area contributed by atoms with Crippen molar-refractivity contribution in [3.05, 3.63) is 95.2 Å². The lowest BCUT2D eigenvalue weighted by Gasteiger charge is -2.25. The minimum absolute atomic E-state index is 0.0575. The van der Waals surface area contributed by atoms with Crippen molar-refractivity contribution in [1.29, 1.82) is 0 Å². The molecule has 0 fully saturated rings. The van der Waals surface area contributed by atoms with Crippen LogP contribution in [-0.4, -0.2) is 42.3 Å². The highest BCUT2D eigenvalue weighted by Gasteiger charge is 2.17. The number of rotatable bonds is 9. The summed E-state index contributed by atoms with van der Waals surface area (Å²) in [5.41, 5.74) is 2.42. The normalized spacial score (nSPS) is 10.8. The lowest BCUT2D eigenvalue weighted by atomic mass is 10.1. The van der Waals surface area contributed by atoms with Gasteiger partial charge in [0.25, 0.3) is 5.91 Å². The first-order valence-corrected chi connectivity index (χ1v) is 9.99. The summed E-state index contributed by atoms with van der Waals surface area (Å²) < 4.78 is 18.6. The molecule has 0 radical (unpaired) electrons. The van der Waals surface area contributed by atoms with Crippen LogP contribution in [-0.2, 0) is 24.4 Å². The van der Waals surface area contributed by atoms with Gasteiger partial charge in [-0.2, -0.15) is 0 Å². The first kappa shape index (κ1) is 22.2. The van der Waals surface area contributed by atoms with Crippen molar-refractivity contribution in [2.24, 2.45) is 0 Å². The number of likely N-dealkylation sites (N-methyl/N-ethyl adjacent to an activating group) is 1. The molecule has 3 rings (SSSR count). The highest BCUT2D eigenvalue weighted by atomic mass is 19.1. The van der Waals surface area contributed by atoms with Gasteiger partial charge in [-0.05, 0) is 47.5 Å². The number of amides is 2. The highest BCUT2D eigenvalue weighted by molar-refractivity contribution is 5.93. The summed E-state index contributed by atoms with van der Waals surface area (Å²) in [6, 6.07) is 17.1. The predicted octanol–water partition coefficient (Wildman–Crippen LogP) is 3.44. The Balaban J connectivity index is 1.67. The zero-order valence-electron chi connectivity index (χ0n) is 17.7. The molecule has 2 aromatic carbocycles. The second kappa shape index (κ2) is 10.5. The Morgan fingerprint density at radius 2 is 1.58 bits per heavy atom. The minimum Gasteiger partial charge on any atom is -0.468 e. The van der Waals surface area contributed by atoms with Crippen LogP contribution in [0.4, 0.5) is 4.39 Å². The molecule has 0 aliphatic rings. The van der Waals surface area contributed by atoms with Gasteiger partial charge in [0.05, 0.1) is 19.4 Å². The van der Waals surface area contributed by atoms with E-state index >= 15 is 0 Å². The molecule has 31 heavy (non-hydrogen) atoms. The summed E-state index contributed by atoms with van der Waals surface area (Å²) in [4.78, 5) is 28.2. The first-order valence-electron chi connectivity index (χ1n) is 9.99. The molecule has 1 N–H and O–H groups in total. The van der Waals surface area contributed by atoms with Gasteiger partial charge in [0.2, 0.25) is 5.91 Å². The Morgan fingerprint density at radius 1 is 0.935 bits per heavy atom. The number of nitrogens with zero attached hydrogens (tertiary/aromatic N) is 2.